The number of anilines is 1. The van der Waals surface area contributed by atoms with Gasteiger partial charge < -0.3 is 20.3 Å². The summed E-state index contributed by atoms with van der Waals surface area (Å²) in [6, 6.07) is 0. The van der Waals surface area contributed by atoms with E-state index >= 15 is 0 Å². The van der Waals surface area contributed by atoms with E-state index in [1.165, 1.54) is 27.9 Å². The fourth-order valence-corrected chi connectivity index (χ4v) is 3.35. The lowest BCUT2D eigenvalue weighted by atomic mass is 9.90. The summed E-state index contributed by atoms with van der Waals surface area (Å²) >= 11 is 0. The molecule has 1 aromatic rings. The Balaban J connectivity index is 0.000000301. The lowest BCUT2D eigenvalue weighted by Crippen LogP contribution is -2.27. The standard InChI is InChI=1S/C16H23NO.C2H2O4/c1-9-10(2)14-12(8-16(5,6)18-14)11-7-15(3,4)17-13(9)11;3-1(4)2(5)6/h17H,7-8H2,1-6H3;(H,3,4)(H,5,6). The van der Waals surface area contributed by atoms with Gasteiger partial charge in [0.2, 0.25) is 0 Å². The molecule has 0 atom stereocenters. The molecule has 0 aromatic heterocycles. The van der Waals surface area contributed by atoms with E-state index < -0.39 is 11.9 Å². The van der Waals surface area contributed by atoms with E-state index in [1.54, 1.807) is 0 Å². The van der Waals surface area contributed by atoms with Gasteiger partial charge in [-0.1, -0.05) is 0 Å². The van der Waals surface area contributed by atoms with Crippen LogP contribution in [-0.4, -0.2) is 33.3 Å². The summed E-state index contributed by atoms with van der Waals surface area (Å²) < 4.78 is 6.17. The molecule has 0 saturated carbocycles. The number of aliphatic carboxylic acids is 2. The molecule has 1 aromatic carbocycles. The summed E-state index contributed by atoms with van der Waals surface area (Å²) in [5, 5.41) is 18.5. The van der Waals surface area contributed by atoms with E-state index in [1.807, 2.05) is 0 Å². The van der Waals surface area contributed by atoms with E-state index in [0.717, 1.165) is 18.6 Å². The normalized spacial score (nSPS) is 18.4. The van der Waals surface area contributed by atoms with Gasteiger partial charge in [0, 0.05) is 23.2 Å². The van der Waals surface area contributed by atoms with Crippen LogP contribution >= 0.6 is 0 Å². The highest BCUT2D eigenvalue weighted by molar-refractivity contribution is 6.27. The van der Waals surface area contributed by atoms with Crippen molar-refractivity contribution in [3.8, 4) is 5.75 Å². The SMILES string of the molecule is Cc1c(C)c2c(c3c1NC(C)(C)C3)CC(C)(C)O2.O=C(O)C(=O)O. The highest BCUT2D eigenvalue weighted by atomic mass is 16.5. The Morgan fingerprint density at radius 3 is 2.00 bits per heavy atom. The minimum absolute atomic E-state index is 0.0542. The number of hydrogen-bond donors (Lipinski definition) is 3. The fraction of sp³-hybridized carbons (Fsp3) is 0.556. The molecular weight excluding hydrogens is 310 g/mol. The van der Waals surface area contributed by atoms with Crippen molar-refractivity contribution in [1.82, 2.24) is 0 Å². The van der Waals surface area contributed by atoms with Crippen LogP contribution in [0, 0.1) is 13.8 Å². The third kappa shape index (κ3) is 3.32. The third-order valence-electron chi connectivity index (χ3n) is 4.46. The Labute approximate surface area is 141 Å². The van der Waals surface area contributed by atoms with Crippen molar-refractivity contribution in [2.45, 2.75) is 65.5 Å². The van der Waals surface area contributed by atoms with Gasteiger partial charge in [-0.3, -0.25) is 0 Å². The van der Waals surface area contributed by atoms with Crippen molar-refractivity contribution in [3.05, 3.63) is 22.3 Å². The zero-order chi connectivity index (χ0) is 18.4. The molecule has 0 aliphatic carbocycles. The first kappa shape index (κ1) is 18.1. The molecule has 0 unspecified atom stereocenters. The summed E-state index contributed by atoms with van der Waals surface area (Å²) in [6.07, 6.45) is 2.13. The number of carbonyl (C=O) groups is 2. The van der Waals surface area contributed by atoms with E-state index in [9.17, 15) is 0 Å². The van der Waals surface area contributed by atoms with Gasteiger partial charge in [0.1, 0.15) is 11.4 Å². The number of benzene rings is 1. The van der Waals surface area contributed by atoms with Crippen molar-refractivity contribution in [2.24, 2.45) is 0 Å². The lowest BCUT2D eigenvalue weighted by molar-refractivity contribution is -0.159. The van der Waals surface area contributed by atoms with Crippen LogP contribution in [0.15, 0.2) is 0 Å². The predicted octanol–water partition coefficient (Wildman–Crippen LogP) is 2.92. The van der Waals surface area contributed by atoms with Gasteiger partial charge >= 0.3 is 11.9 Å². The quantitative estimate of drug-likeness (QED) is 0.631. The second kappa shape index (κ2) is 5.69. The monoisotopic (exact) mass is 335 g/mol. The van der Waals surface area contributed by atoms with Gasteiger partial charge in [0.05, 0.1) is 0 Å². The van der Waals surface area contributed by atoms with Gasteiger partial charge in [-0.05, 0) is 64.7 Å². The van der Waals surface area contributed by atoms with Crippen LogP contribution in [0.5, 0.6) is 5.75 Å². The smallest absolute Gasteiger partial charge is 0.414 e. The average molecular weight is 335 g/mol. The van der Waals surface area contributed by atoms with Crippen molar-refractivity contribution in [3.63, 3.8) is 0 Å². The minimum atomic E-state index is -1.82. The zero-order valence-electron chi connectivity index (χ0n) is 15.0. The molecule has 0 amide bonds. The first-order valence-electron chi connectivity index (χ1n) is 7.93. The Kier molecular flexibility index (Phi) is 4.29. The van der Waals surface area contributed by atoms with Gasteiger partial charge in [0.25, 0.3) is 0 Å². The van der Waals surface area contributed by atoms with Gasteiger partial charge in [-0.15, -0.1) is 0 Å². The van der Waals surface area contributed by atoms with E-state index in [-0.39, 0.29) is 11.1 Å². The summed E-state index contributed by atoms with van der Waals surface area (Å²) in [5.74, 6) is -2.50. The van der Waals surface area contributed by atoms with Crippen LogP contribution in [0.4, 0.5) is 5.69 Å². The number of fused-ring (bicyclic) bond motifs is 3. The molecule has 2 aliphatic rings. The van der Waals surface area contributed by atoms with Crippen molar-refractivity contribution >= 4 is 17.6 Å². The predicted molar refractivity (Wildman–Crippen MR) is 91.0 cm³/mol. The highest BCUT2D eigenvalue weighted by Gasteiger charge is 2.39. The summed E-state index contributed by atoms with van der Waals surface area (Å²) in [4.78, 5) is 18.2. The molecule has 0 spiro atoms. The topological polar surface area (TPSA) is 95.9 Å². The molecule has 2 aliphatic heterocycles. The number of carboxylic acids is 2. The molecule has 6 heteroatoms. The van der Waals surface area contributed by atoms with E-state index in [4.69, 9.17) is 24.5 Å². The third-order valence-corrected chi connectivity index (χ3v) is 4.46. The Morgan fingerprint density at radius 1 is 0.958 bits per heavy atom. The molecular formula is C18H25NO5. The first-order chi connectivity index (χ1) is 10.8. The van der Waals surface area contributed by atoms with Crippen molar-refractivity contribution < 1.29 is 24.5 Å². The van der Waals surface area contributed by atoms with Crippen molar-refractivity contribution in [1.29, 1.82) is 0 Å². The van der Waals surface area contributed by atoms with Gasteiger partial charge in [-0.2, -0.15) is 0 Å². The summed E-state index contributed by atoms with van der Waals surface area (Å²) in [5.41, 5.74) is 7.06. The molecule has 0 fully saturated rings. The maximum Gasteiger partial charge on any atom is 0.414 e. The minimum Gasteiger partial charge on any atom is -0.487 e. The number of ether oxygens (including phenoxy) is 1. The molecule has 0 radical (unpaired) electrons. The van der Waals surface area contributed by atoms with Crippen LogP contribution in [0.2, 0.25) is 0 Å². The molecule has 132 valence electrons. The summed E-state index contributed by atoms with van der Waals surface area (Å²) in [7, 11) is 0. The number of carboxylic acid groups (broad SMARTS) is 2. The van der Waals surface area contributed by atoms with Crippen LogP contribution < -0.4 is 10.1 Å². The Hall–Kier alpha value is -2.24. The Morgan fingerprint density at radius 2 is 1.50 bits per heavy atom. The first-order valence-corrected chi connectivity index (χ1v) is 7.93. The second-order valence-electron chi connectivity index (χ2n) is 7.75. The fourth-order valence-electron chi connectivity index (χ4n) is 3.35. The van der Waals surface area contributed by atoms with Crippen LogP contribution in [0.1, 0.15) is 49.9 Å². The maximum absolute atomic E-state index is 9.10. The second-order valence-corrected chi connectivity index (χ2v) is 7.75. The molecule has 3 N–H and O–H groups in total. The maximum atomic E-state index is 9.10. The molecule has 24 heavy (non-hydrogen) atoms. The average Bonchev–Trinajstić information content (AvgIpc) is 2.93. The molecule has 3 rings (SSSR count). The molecule has 6 nitrogen and oxygen atoms in total. The van der Waals surface area contributed by atoms with Crippen LogP contribution in [0.3, 0.4) is 0 Å². The summed E-state index contributed by atoms with van der Waals surface area (Å²) in [6.45, 7) is 13.3. The van der Waals surface area contributed by atoms with E-state index in [0.29, 0.717) is 0 Å². The van der Waals surface area contributed by atoms with Crippen molar-refractivity contribution in [2.75, 3.05) is 5.32 Å². The number of nitrogens with one attached hydrogen (secondary N) is 1. The largest absolute Gasteiger partial charge is 0.487 e. The highest BCUT2D eigenvalue weighted by Crippen LogP contribution is 2.48. The Bertz CT molecular complexity index is 658. The van der Waals surface area contributed by atoms with Gasteiger partial charge in [-0.25, -0.2) is 9.59 Å². The number of hydrogen-bond acceptors (Lipinski definition) is 4. The van der Waals surface area contributed by atoms with Gasteiger partial charge in [0.15, 0.2) is 0 Å². The number of rotatable bonds is 0. The molecule has 0 bridgehead atoms. The van der Waals surface area contributed by atoms with E-state index in [2.05, 4.69) is 46.9 Å². The lowest BCUT2D eigenvalue weighted by Gasteiger charge is -2.20. The molecule has 2 heterocycles. The molecule has 0 saturated heterocycles. The zero-order valence-corrected chi connectivity index (χ0v) is 15.0. The van der Waals surface area contributed by atoms with Crippen LogP contribution in [0.25, 0.3) is 0 Å². The van der Waals surface area contributed by atoms with Crippen LogP contribution in [-0.2, 0) is 22.4 Å².